The monoisotopic (exact) mass is 2040 g/mol. The highest BCUT2D eigenvalue weighted by molar-refractivity contribution is 5.55. The maximum atomic E-state index is 11.6. The first-order valence-corrected chi connectivity index (χ1v) is 44.8. The van der Waals surface area contributed by atoms with Crippen molar-refractivity contribution in [2.75, 3.05) is 163 Å². The SMILES string of the molecule is [2H]C([2H])([2H])C(C)(C([2H])([2H])[2H])C([2H])([2H])C1([2H])C([2H])([2H])N2C([2H])([2H])C([2H])([2H])c3cc(OC)c(OC)cc3C2([2H])C([2H])([2H])C1([2H])O.[2H]C([2H])([2H])Oc1cc2c(cc1OC)C([2H])([2H])C([2H])([2H])N1C([2H])([2H])C([2H])(C([2H])([2H])C(C)(C([2H])([2H])[2H])C([2H])([2H])[2H])C([2H])(O)C([2H])([2H])C21[2H].[2H]C([2H])([2H])Oc1cc2c(cc1OC)C([2H])([2H])C([2H])([2H])N1C([2H])([2H])C([2H])(C([2H])([2H])C(C)(C([2H])([2H])[2H])C([2H])([2H])[2H])C([2H])(O)C([2H])([2H])C21[2H].[2H]C([2H])([2H])Oc1cc2c(cc1OC)C([2H])([2H])C([2H])([2H])N1C([2H])([2H])C([2H])(CC(C)C)C([2H])(O)C([2H])([2H])C21[2H].[2H]c1c2c(c([2H])c(OC([2H])([2H])[2H])c1OC)C1CC(O)C(CC(C)C)CN1CC2.[2H]c1c2c(c([2H])c(OC)c1OC)C1CC(O)C(CC(C)C)CN1CC2. The predicted octanol–water partition coefficient (Wildman–Crippen LogP) is 19.3. The highest BCUT2D eigenvalue weighted by Crippen LogP contribution is 2.53. The Kier molecular flexibility index (Phi) is 15.3. The van der Waals surface area contributed by atoms with Crippen LogP contribution in [-0.2, 0) is 38.3 Å². The van der Waals surface area contributed by atoms with Gasteiger partial charge in [0.25, 0.3) is 0 Å². The molecule has 0 bridgehead atoms. The van der Waals surface area contributed by atoms with Crippen molar-refractivity contribution in [2.45, 2.75) is 291 Å². The van der Waals surface area contributed by atoms with Crippen LogP contribution in [0.3, 0.4) is 0 Å². The summed E-state index contributed by atoms with van der Waals surface area (Å²) in [6.07, 6.45) is -58.7. The molecule has 12 aliphatic heterocycles. The Morgan fingerprint density at radius 2 is 0.596 bits per heavy atom. The van der Waals surface area contributed by atoms with Gasteiger partial charge in [-0.2, -0.15) is 0 Å². The molecule has 24 nitrogen and oxygen atoms in total. The molecule has 6 N–H and O–H groups in total. The number of benzene rings is 6. The average molecular weight is 2040 g/mol. The third-order valence-electron chi connectivity index (χ3n) is 23.6. The van der Waals surface area contributed by atoms with Crippen LogP contribution in [0.4, 0.5) is 0 Å². The summed E-state index contributed by atoms with van der Waals surface area (Å²) in [7, 11) is -2.74. The molecule has 18 atom stereocenters. The van der Waals surface area contributed by atoms with Gasteiger partial charge in [0.1, 0.15) is 0 Å². The summed E-state index contributed by atoms with van der Waals surface area (Å²) in [5, 5.41) is 67.5. The summed E-state index contributed by atoms with van der Waals surface area (Å²) in [6, 6.07) is -9.18. The lowest BCUT2D eigenvalue weighted by molar-refractivity contribution is -0.0259. The second kappa shape index (κ2) is 48.4. The van der Waals surface area contributed by atoms with E-state index in [1.165, 1.54) is 35.2 Å². The quantitative estimate of drug-likeness (QED) is 0.0392. The molecule has 0 saturated carbocycles. The number of aryl methyl sites for hydroxylation is 4. The van der Waals surface area contributed by atoms with Crippen molar-refractivity contribution in [1.82, 2.24) is 29.4 Å². The lowest BCUT2D eigenvalue weighted by atomic mass is 9.75. The van der Waals surface area contributed by atoms with Gasteiger partial charge < -0.3 is 87.5 Å². The normalized spacial score (nSPS) is 49.3. The topological polar surface area (TPSA) is 252 Å². The maximum Gasteiger partial charge on any atom is 0.161 e. The Hall–Kier alpha value is -7.56. The van der Waals surface area contributed by atoms with Gasteiger partial charge in [-0.15, -0.1) is 0 Å². The number of methoxy groups -OCH3 is 12. The molecular formula is C117H180N6O18. The number of hydrogen-bond acceptors (Lipinski definition) is 24. The van der Waals surface area contributed by atoms with Gasteiger partial charge in [0.2, 0.25) is 0 Å². The third-order valence-corrected chi connectivity index (χ3v) is 23.6. The van der Waals surface area contributed by atoms with Crippen LogP contribution in [0.25, 0.3) is 0 Å². The first-order valence-electron chi connectivity index (χ1n) is 86.8. The first-order chi connectivity index (χ1) is 99.7. The number of aliphatic hydroxyl groups excluding tert-OH is 2. The Bertz CT molecular complexity index is 8940. The molecule has 18 unspecified atom stereocenters. The molecule has 12 heterocycles. The number of aliphatic hydroxyl groups is 6. The van der Waals surface area contributed by atoms with Crippen LogP contribution < -0.4 is 56.8 Å². The molecule has 0 spiro atoms. The van der Waals surface area contributed by atoms with Crippen molar-refractivity contribution in [3.63, 3.8) is 0 Å². The number of nitrogens with zero attached hydrogens (tertiary/aromatic N) is 6. The molecule has 6 aromatic rings. The first kappa shape index (κ1) is 44.5. The van der Waals surface area contributed by atoms with Gasteiger partial charge in [-0.05, 0) is 324 Å². The minimum atomic E-state index is -4.72. The summed E-state index contributed by atoms with van der Waals surface area (Å²) >= 11 is 0. The van der Waals surface area contributed by atoms with E-state index in [0.29, 0.717) is 90.1 Å². The second-order valence-electron chi connectivity index (χ2n) is 35.9. The molecule has 0 radical (unpaired) electrons. The van der Waals surface area contributed by atoms with Gasteiger partial charge in [-0.1, -0.05) is 103 Å². The molecule has 6 fully saturated rings. The molecule has 6 saturated heterocycles. The van der Waals surface area contributed by atoms with E-state index in [2.05, 4.69) is 37.5 Å². The Balaban J connectivity index is 0.000000216. The third kappa shape index (κ3) is 26.9. The summed E-state index contributed by atoms with van der Waals surface area (Å²) in [5.41, 5.74) is -16.1. The van der Waals surface area contributed by atoms with E-state index in [0.717, 1.165) is 116 Å². The standard InChI is InChI=1S/3C20H31NO3.3C19H29NO3/c3*1-20(2,3)11-14-12-21-7-6-13-8-18(23-4)19(24-5)9-15(13)16(21)10-17(14)22;3*1-12(2)7-14-11-20-6-5-13-8-18(22-3)19(23-4)9-15(13)16(20)10-17(14)21/h3*8-9,14,16-17,22H,6-7,10-12H2,1-5H3;3*8-9,12,14,16-17,21H,5-7,10-11H2,1-4H3/i2*1D3,2D3,5D3,6D2,7D2,10D2,11D2,12D2,14D,16D,17D;1D3,2D3,6D2,7D2,10D2,11D2,12D2,14D,16D,17D;4D3,5D2,6D2,10D2,11D2,14D,16D,17D;4D3,8D,9D;8D,9D. The largest absolute Gasteiger partial charge is 0.493 e. The van der Waals surface area contributed by atoms with Crippen LogP contribution >= 0.6 is 0 Å². The van der Waals surface area contributed by atoms with Crippen molar-refractivity contribution in [3.05, 3.63) is 139 Å². The minimum Gasteiger partial charge on any atom is -0.493 e. The minimum absolute atomic E-state index is 0.0117. The zero-order valence-electron chi connectivity index (χ0n) is 165. The average Bonchev–Trinajstić information content (AvgIpc) is 0.629. The molecule has 6 aromatic carbocycles. The highest BCUT2D eigenvalue weighted by Gasteiger charge is 2.47. The Labute approximate surface area is 964 Å². The van der Waals surface area contributed by atoms with Crippen molar-refractivity contribution in [2.24, 2.45) is 69.4 Å². The fourth-order valence-electron chi connectivity index (χ4n) is 17.4. The molecule has 141 heavy (non-hydrogen) atoms. The number of ether oxygens (including phenoxy) is 12. The zero-order valence-corrected chi connectivity index (χ0v) is 80.9. The number of hydrogen-bond donors (Lipinski definition) is 6. The van der Waals surface area contributed by atoms with E-state index >= 15 is 0 Å². The van der Waals surface area contributed by atoms with Crippen LogP contribution in [0.1, 0.15) is 398 Å². The molecule has 12 aliphatic rings. The maximum absolute atomic E-state index is 11.6. The van der Waals surface area contributed by atoms with Gasteiger partial charge >= 0.3 is 0 Å². The Morgan fingerprint density at radius 1 is 0.340 bits per heavy atom. The van der Waals surface area contributed by atoms with Crippen molar-refractivity contribution in [3.8, 4) is 69.0 Å². The Morgan fingerprint density at radius 3 is 0.872 bits per heavy atom. The fraction of sp³-hybridized carbons (Fsp3) is 0.692. The van der Waals surface area contributed by atoms with Crippen molar-refractivity contribution < 1.29 is 203 Å². The van der Waals surface area contributed by atoms with Crippen LogP contribution in [0.5, 0.6) is 69.0 Å². The van der Waals surface area contributed by atoms with Gasteiger partial charge in [0.05, 0.1) is 154 Å². The summed E-state index contributed by atoms with van der Waals surface area (Å²) < 4.78 is 768. The highest BCUT2D eigenvalue weighted by atomic mass is 16.5. The molecule has 18 rings (SSSR count). The molecule has 0 aromatic heterocycles. The van der Waals surface area contributed by atoms with E-state index in [4.69, 9.17) is 167 Å². The van der Waals surface area contributed by atoms with Crippen molar-refractivity contribution in [1.29, 1.82) is 0 Å². The van der Waals surface area contributed by atoms with Gasteiger partial charge in [0, 0.05) is 197 Å². The number of piperidine rings is 6. The molecular weight excluding hydrogens is 1780 g/mol. The van der Waals surface area contributed by atoms with E-state index in [-0.39, 0.29) is 96.5 Å². The van der Waals surface area contributed by atoms with Crippen LogP contribution in [0.15, 0.2) is 72.7 Å². The van der Waals surface area contributed by atoms with E-state index < -0.39 is 386 Å². The van der Waals surface area contributed by atoms with Crippen LogP contribution in [0.2, 0.25) is 0 Å². The van der Waals surface area contributed by atoms with E-state index in [1.807, 2.05) is 0 Å². The van der Waals surface area contributed by atoms with Crippen molar-refractivity contribution >= 4 is 0 Å². The van der Waals surface area contributed by atoms with Gasteiger partial charge in [0.15, 0.2) is 69.0 Å². The fourth-order valence-corrected chi connectivity index (χ4v) is 17.4. The predicted molar refractivity (Wildman–Crippen MR) is 561 cm³/mol. The summed E-state index contributed by atoms with van der Waals surface area (Å²) in [4.78, 5) is 2.78. The molecule has 24 heteroatoms. The molecule has 786 valence electrons. The van der Waals surface area contributed by atoms with Gasteiger partial charge in [-0.25, -0.2) is 0 Å². The number of fused-ring (bicyclic) bond motifs is 18. The van der Waals surface area contributed by atoms with E-state index in [1.54, 1.807) is 0 Å². The lowest BCUT2D eigenvalue weighted by Gasteiger charge is -2.47. The number of rotatable bonds is 21. The summed E-state index contributed by atoms with van der Waals surface area (Å²) in [5.74, 6) is -20.2. The molecule has 0 aliphatic carbocycles. The zero-order chi connectivity index (χ0) is 176. The van der Waals surface area contributed by atoms with Crippen LogP contribution in [-0.4, -0.2) is 260 Å². The van der Waals surface area contributed by atoms with E-state index in [9.17, 15) is 36.1 Å². The molecule has 0 amide bonds. The smallest absolute Gasteiger partial charge is 0.161 e. The van der Waals surface area contributed by atoms with Crippen LogP contribution in [0, 0.1) is 69.4 Å². The second-order valence-corrected chi connectivity index (χ2v) is 35.9. The summed E-state index contributed by atoms with van der Waals surface area (Å²) in [6.45, 7) is -40.7. The lowest BCUT2D eigenvalue weighted by Crippen LogP contribution is -2.48. The van der Waals surface area contributed by atoms with Gasteiger partial charge in [-0.3, -0.25) is 29.4 Å².